The summed E-state index contributed by atoms with van der Waals surface area (Å²) in [6, 6.07) is 15.1. The minimum atomic E-state index is -0.101. The Bertz CT molecular complexity index is 1070. The predicted octanol–water partition coefficient (Wildman–Crippen LogP) is 8.22. The lowest BCUT2D eigenvalue weighted by Crippen LogP contribution is -2.61. The van der Waals surface area contributed by atoms with E-state index in [0.29, 0.717) is 6.42 Å². The first kappa shape index (κ1) is 28.0. The van der Waals surface area contributed by atoms with Gasteiger partial charge in [-0.3, -0.25) is 4.79 Å². The third-order valence-corrected chi connectivity index (χ3v) is 9.77. The largest absolute Gasteiger partial charge is 0.469 e. The average Bonchev–Trinajstić information content (AvgIpc) is 2.91. The first-order chi connectivity index (χ1) is 19.0. The predicted molar refractivity (Wildman–Crippen MR) is 157 cm³/mol. The molecule has 5 heteroatoms. The number of carbonyl (C=O) groups excluding carboxylic acids is 2. The van der Waals surface area contributed by atoms with Gasteiger partial charge in [0.15, 0.2) is 0 Å². The summed E-state index contributed by atoms with van der Waals surface area (Å²) in [6.07, 6.45) is 18.3. The summed E-state index contributed by atoms with van der Waals surface area (Å²) in [5, 5.41) is 9.47. The first-order valence-corrected chi connectivity index (χ1v) is 15.7. The van der Waals surface area contributed by atoms with E-state index < -0.39 is 0 Å². The number of esters is 1. The zero-order valence-electron chi connectivity index (χ0n) is 23.9. The fourth-order valence-corrected chi connectivity index (χ4v) is 8.34. The van der Waals surface area contributed by atoms with Crippen LogP contribution in [0.2, 0.25) is 0 Å². The van der Waals surface area contributed by atoms with E-state index in [1.54, 1.807) is 0 Å². The molecular formula is C34H48N2O3. The molecule has 6 rings (SSSR count). The van der Waals surface area contributed by atoms with Gasteiger partial charge in [-0.25, -0.2) is 4.79 Å². The minimum absolute atomic E-state index is 0.0170. The highest BCUT2D eigenvalue weighted by atomic mass is 16.5. The second kappa shape index (κ2) is 13.2. The van der Waals surface area contributed by atoms with Crippen LogP contribution in [0.25, 0.3) is 10.8 Å². The van der Waals surface area contributed by atoms with Gasteiger partial charge in [-0.1, -0.05) is 87.4 Å². The van der Waals surface area contributed by atoms with Crippen molar-refractivity contribution >= 4 is 22.8 Å². The van der Waals surface area contributed by atoms with E-state index in [0.717, 1.165) is 43.4 Å². The SMILES string of the molecule is COC(=O)CCCCCCCCCCC(NC(=O)NC12CC3CC(CC(C3)C1)C2)c1cccc2ccccc12. The Morgan fingerprint density at radius 3 is 2.08 bits per heavy atom. The van der Waals surface area contributed by atoms with Crippen LogP contribution in [0.5, 0.6) is 0 Å². The molecule has 2 aromatic rings. The van der Waals surface area contributed by atoms with Gasteiger partial charge in [0.2, 0.25) is 0 Å². The van der Waals surface area contributed by atoms with Crippen LogP contribution in [-0.2, 0) is 9.53 Å². The van der Waals surface area contributed by atoms with E-state index in [1.807, 2.05) is 0 Å². The molecule has 4 saturated carbocycles. The Hall–Kier alpha value is -2.56. The first-order valence-electron chi connectivity index (χ1n) is 15.7. The number of urea groups is 1. The number of nitrogens with one attached hydrogen (secondary N) is 2. The van der Waals surface area contributed by atoms with Gasteiger partial charge in [-0.05, 0) is 85.5 Å². The third kappa shape index (κ3) is 7.35. The number of amides is 2. The number of rotatable bonds is 14. The third-order valence-electron chi connectivity index (χ3n) is 9.77. The molecule has 0 heterocycles. The quantitative estimate of drug-likeness (QED) is 0.190. The molecule has 0 aromatic heterocycles. The molecule has 1 unspecified atom stereocenters. The summed E-state index contributed by atoms with van der Waals surface area (Å²) in [4.78, 5) is 24.7. The number of methoxy groups -OCH3 is 1. The maximum absolute atomic E-state index is 13.5. The summed E-state index contributed by atoms with van der Waals surface area (Å²) in [5.74, 6) is 2.35. The monoisotopic (exact) mass is 532 g/mol. The van der Waals surface area contributed by atoms with E-state index in [9.17, 15) is 9.59 Å². The molecule has 39 heavy (non-hydrogen) atoms. The molecule has 2 amide bonds. The zero-order chi connectivity index (χ0) is 27.1. The Morgan fingerprint density at radius 1 is 0.821 bits per heavy atom. The van der Waals surface area contributed by atoms with Crippen LogP contribution in [0.15, 0.2) is 42.5 Å². The van der Waals surface area contributed by atoms with E-state index in [2.05, 4.69) is 53.1 Å². The summed E-state index contributed by atoms with van der Waals surface area (Å²) in [7, 11) is 1.46. The van der Waals surface area contributed by atoms with Gasteiger partial charge >= 0.3 is 12.0 Å². The standard InChI is InChI=1S/C34H48N2O3/c1-39-32(37)18-9-7-5-3-2-4-6-8-17-31(30-16-12-14-28-13-10-11-15-29(28)30)35-33(38)36-34-22-25-19-26(23-34)21-27(20-25)24-34/h10-16,25-27,31H,2-9,17-24H2,1H3,(H2,35,36,38). The summed E-state index contributed by atoms with van der Waals surface area (Å²) in [5.41, 5.74) is 1.26. The molecule has 4 aliphatic rings. The van der Waals surface area contributed by atoms with Crippen molar-refractivity contribution in [1.82, 2.24) is 10.6 Å². The van der Waals surface area contributed by atoms with Gasteiger partial charge in [0.25, 0.3) is 0 Å². The number of hydrogen-bond donors (Lipinski definition) is 2. The second-order valence-electron chi connectivity index (χ2n) is 12.9. The molecule has 212 valence electrons. The van der Waals surface area contributed by atoms with Crippen molar-refractivity contribution in [1.29, 1.82) is 0 Å². The van der Waals surface area contributed by atoms with Crippen LogP contribution < -0.4 is 10.6 Å². The van der Waals surface area contributed by atoms with E-state index in [4.69, 9.17) is 4.74 Å². The fourth-order valence-electron chi connectivity index (χ4n) is 8.34. The van der Waals surface area contributed by atoms with Gasteiger partial charge < -0.3 is 15.4 Å². The number of fused-ring (bicyclic) bond motifs is 1. The summed E-state index contributed by atoms with van der Waals surface area (Å²) in [6.45, 7) is 0. The molecule has 5 nitrogen and oxygen atoms in total. The smallest absolute Gasteiger partial charge is 0.315 e. The van der Waals surface area contributed by atoms with Gasteiger partial charge in [0, 0.05) is 12.0 Å². The summed E-state index contributed by atoms with van der Waals surface area (Å²) < 4.78 is 4.71. The molecule has 0 saturated heterocycles. The Kier molecular flexibility index (Phi) is 9.47. The van der Waals surface area contributed by atoms with Crippen molar-refractivity contribution in [2.45, 2.75) is 114 Å². The molecule has 2 N–H and O–H groups in total. The van der Waals surface area contributed by atoms with Crippen molar-refractivity contribution in [3.8, 4) is 0 Å². The van der Waals surface area contributed by atoms with Crippen LogP contribution in [0.3, 0.4) is 0 Å². The van der Waals surface area contributed by atoms with Crippen molar-refractivity contribution in [2.24, 2.45) is 17.8 Å². The number of benzene rings is 2. The summed E-state index contributed by atoms with van der Waals surface area (Å²) >= 11 is 0. The number of unbranched alkanes of at least 4 members (excludes halogenated alkanes) is 7. The van der Waals surface area contributed by atoms with Crippen LogP contribution in [0.1, 0.15) is 114 Å². The Balaban J connectivity index is 1.13. The van der Waals surface area contributed by atoms with Crippen molar-refractivity contribution in [2.75, 3.05) is 7.11 Å². The number of hydrogen-bond acceptors (Lipinski definition) is 3. The lowest BCUT2D eigenvalue weighted by molar-refractivity contribution is -0.140. The molecule has 2 aromatic carbocycles. The normalized spacial score (nSPS) is 25.9. The lowest BCUT2D eigenvalue weighted by atomic mass is 9.53. The highest BCUT2D eigenvalue weighted by Gasteiger charge is 2.51. The Labute approximate surface area is 234 Å². The van der Waals surface area contributed by atoms with E-state index >= 15 is 0 Å². The van der Waals surface area contributed by atoms with Gasteiger partial charge in [-0.2, -0.15) is 0 Å². The van der Waals surface area contributed by atoms with E-state index in [-0.39, 0.29) is 23.6 Å². The average molecular weight is 533 g/mol. The van der Waals surface area contributed by atoms with Crippen molar-refractivity contribution < 1.29 is 14.3 Å². The topological polar surface area (TPSA) is 67.4 Å². The molecule has 0 aliphatic heterocycles. The molecule has 0 radical (unpaired) electrons. The van der Waals surface area contributed by atoms with Crippen LogP contribution in [0, 0.1) is 17.8 Å². The Morgan fingerprint density at radius 2 is 1.41 bits per heavy atom. The molecular weight excluding hydrogens is 484 g/mol. The maximum atomic E-state index is 13.5. The lowest BCUT2D eigenvalue weighted by Gasteiger charge is -2.56. The van der Waals surface area contributed by atoms with Crippen molar-refractivity contribution in [3.63, 3.8) is 0 Å². The van der Waals surface area contributed by atoms with Gasteiger partial charge in [-0.15, -0.1) is 0 Å². The van der Waals surface area contributed by atoms with Crippen LogP contribution in [-0.4, -0.2) is 24.6 Å². The fraction of sp³-hybridized carbons (Fsp3) is 0.647. The number of carbonyl (C=O) groups is 2. The molecule has 4 aliphatic carbocycles. The maximum Gasteiger partial charge on any atom is 0.315 e. The molecule has 1 atom stereocenters. The van der Waals surface area contributed by atoms with Crippen LogP contribution in [0.4, 0.5) is 4.79 Å². The molecule has 4 bridgehead atoms. The van der Waals surface area contributed by atoms with Gasteiger partial charge in [0.1, 0.15) is 0 Å². The van der Waals surface area contributed by atoms with Crippen LogP contribution >= 0.6 is 0 Å². The highest BCUT2D eigenvalue weighted by Crippen LogP contribution is 2.55. The minimum Gasteiger partial charge on any atom is -0.469 e. The van der Waals surface area contributed by atoms with E-state index in [1.165, 1.54) is 94.1 Å². The number of ether oxygens (including phenoxy) is 1. The highest BCUT2D eigenvalue weighted by molar-refractivity contribution is 5.87. The molecule has 4 fully saturated rings. The molecule has 0 spiro atoms. The second-order valence-corrected chi connectivity index (χ2v) is 12.9. The van der Waals surface area contributed by atoms with Crippen molar-refractivity contribution in [3.05, 3.63) is 48.0 Å². The zero-order valence-corrected chi connectivity index (χ0v) is 23.9. The van der Waals surface area contributed by atoms with Gasteiger partial charge in [0.05, 0.1) is 13.2 Å².